The highest BCUT2D eigenvalue weighted by atomic mass is 32.2. The maximum absolute atomic E-state index is 10.9. The van der Waals surface area contributed by atoms with Crippen LogP contribution in [0.25, 0.3) is 6.08 Å². The lowest BCUT2D eigenvalue weighted by Gasteiger charge is -2.30. The molecule has 1 aliphatic rings. The number of hydrogen-bond donors (Lipinski definition) is 0. The molecular weight excluding hydrogens is 266 g/mol. The lowest BCUT2D eigenvalue weighted by molar-refractivity contribution is -0.109. The Labute approximate surface area is 126 Å². The third-order valence-corrected chi connectivity index (χ3v) is 4.37. The molecule has 0 saturated carbocycles. The zero-order valence-corrected chi connectivity index (χ0v) is 13.0. The van der Waals surface area contributed by atoms with Gasteiger partial charge in [-0.05, 0) is 37.3 Å². The normalized spacial score (nSPS) is 15.8. The summed E-state index contributed by atoms with van der Waals surface area (Å²) in [5.41, 5.74) is 2.64. The average molecular weight is 289 g/mol. The van der Waals surface area contributed by atoms with E-state index < -0.39 is 0 Å². The number of para-hydroxylation sites is 1. The van der Waals surface area contributed by atoms with E-state index >= 15 is 0 Å². The lowest BCUT2D eigenvalue weighted by Crippen LogP contribution is -2.29. The van der Waals surface area contributed by atoms with Gasteiger partial charge in [0.25, 0.3) is 0 Å². The molecule has 1 fully saturated rings. The van der Waals surface area contributed by atoms with Crippen molar-refractivity contribution in [2.24, 2.45) is 0 Å². The maximum atomic E-state index is 10.9. The van der Waals surface area contributed by atoms with Gasteiger partial charge in [0.1, 0.15) is 0 Å². The van der Waals surface area contributed by atoms with Gasteiger partial charge in [-0.15, -0.1) is 0 Å². The van der Waals surface area contributed by atoms with Crippen LogP contribution in [-0.4, -0.2) is 24.0 Å². The number of allylic oxidation sites excluding steroid dienone is 1. The Morgan fingerprint density at radius 3 is 2.75 bits per heavy atom. The first-order valence-corrected chi connectivity index (χ1v) is 8.40. The van der Waals surface area contributed by atoms with E-state index in [-0.39, 0.29) is 5.12 Å². The predicted octanol–water partition coefficient (Wildman–Crippen LogP) is 4.36. The molecule has 0 aliphatic carbocycles. The first-order valence-electron chi connectivity index (χ1n) is 7.41. The highest BCUT2D eigenvalue weighted by Gasteiger charge is 2.12. The molecule has 1 heterocycles. The molecule has 1 saturated heterocycles. The zero-order chi connectivity index (χ0) is 14.2. The highest BCUT2D eigenvalue weighted by molar-refractivity contribution is 8.13. The van der Waals surface area contributed by atoms with Gasteiger partial charge in [0.15, 0.2) is 5.12 Å². The SMILES string of the molecule is CC(=O)SCCC=Cc1ccccc1N1CCCCC1. The van der Waals surface area contributed by atoms with E-state index in [1.807, 2.05) is 0 Å². The van der Waals surface area contributed by atoms with Crippen LogP contribution in [0.15, 0.2) is 30.3 Å². The molecule has 108 valence electrons. The Morgan fingerprint density at radius 1 is 1.25 bits per heavy atom. The molecule has 0 spiro atoms. The third-order valence-electron chi connectivity index (χ3n) is 3.52. The molecule has 3 heteroatoms. The molecule has 20 heavy (non-hydrogen) atoms. The molecule has 1 aromatic carbocycles. The van der Waals surface area contributed by atoms with Crippen molar-refractivity contribution in [3.63, 3.8) is 0 Å². The molecule has 1 aromatic rings. The Kier molecular flexibility index (Phi) is 6.19. The minimum absolute atomic E-state index is 0.201. The van der Waals surface area contributed by atoms with Crippen LogP contribution in [0.1, 0.15) is 38.2 Å². The molecule has 0 atom stereocenters. The van der Waals surface area contributed by atoms with Gasteiger partial charge in [-0.1, -0.05) is 42.1 Å². The Balaban J connectivity index is 1.96. The van der Waals surface area contributed by atoms with Gasteiger partial charge >= 0.3 is 0 Å². The van der Waals surface area contributed by atoms with Crippen molar-refractivity contribution in [1.82, 2.24) is 0 Å². The van der Waals surface area contributed by atoms with E-state index in [0.717, 1.165) is 12.2 Å². The smallest absolute Gasteiger partial charge is 0.185 e. The van der Waals surface area contributed by atoms with Crippen molar-refractivity contribution in [1.29, 1.82) is 0 Å². The number of rotatable bonds is 5. The summed E-state index contributed by atoms with van der Waals surface area (Å²) in [6, 6.07) is 8.61. The number of hydrogen-bond acceptors (Lipinski definition) is 3. The predicted molar refractivity (Wildman–Crippen MR) is 89.3 cm³/mol. The van der Waals surface area contributed by atoms with Crippen LogP contribution in [0.5, 0.6) is 0 Å². The number of piperidine rings is 1. The van der Waals surface area contributed by atoms with Crippen molar-refractivity contribution in [3.05, 3.63) is 35.9 Å². The fourth-order valence-electron chi connectivity index (χ4n) is 2.53. The second kappa shape index (κ2) is 8.15. The van der Waals surface area contributed by atoms with Crippen LogP contribution < -0.4 is 4.90 Å². The number of carbonyl (C=O) groups excluding carboxylic acids is 1. The fourth-order valence-corrected chi connectivity index (χ4v) is 3.07. The summed E-state index contributed by atoms with van der Waals surface area (Å²) >= 11 is 1.40. The van der Waals surface area contributed by atoms with E-state index in [2.05, 4.69) is 41.3 Å². The minimum atomic E-state index is 0.201. The lowest BCUT2D eigenvalue weighted by atomic mass is 10.1. The average Bonchev–Trinajstić information content (AvgIpc) is 2.48. The van der Waals surface area contributed by atoms with Gasteiger partial charge in [-0.3, -0.25) is 4.79 Å². The van der Waals surface area contributed by atoms with Crippen LogP contribution in [0.3, 0.4) is 0 Å². The van der Waals surface area contributed by atoms with Crippen LogP contribution in [0, 0.1) is 0 Å². The van der Waals surface area contributed by atoms with E-state index in [9.17, 15) is 4.79 Å². The summed E-state index contributed by atoms with van der Waals surface area (Å²) in [6.45, 7) is 3.97. The van der Waals surface area contributed by atoms with Gasteiger partial charge in [-0.25, -0.2) is 0 Å². The van der Waals surface area contributed by atoms with Crippen molar-refractivity contribution < 1.29 is 4.79 Å². The second-order valence-electron chi connectivity index (χ2n) is 5.14. The molecule has 0 bridgehead atoms. The van der Waals surface area contributed by atoms with Crippen LogP contribution in [0.2, 0.25) is 0 Å². The number of carbonyl (C=O) groups is 1. The maximum Gasteiger partial charge on any atom is 0.185 e. The van der Waals surface area contributed by atoms with Gasteiger partial charge in [0.05, 0.1) is 0 Å². The summed E-state index contributed by atoms with van der Waals surface area (Å²) in [5, 5.41) is 0.201. The first-order chi connectivity index (χ1) is 9.77. The number of thioether (sulfide) groups is 1. The minimum Gasteiger partial charge on any atom is -0.371 e. The van der Waals surface area contributed by atoms with E-state index in [0.29, 0.717) is 0 Å². The molecule has 2 nitrogen and oxygen atoms in total. The molecule has 2 rings (SSSR count). The van der Waals surface area contributed by atoms with Crippen molar-refractivity contribution in [3.8, 4) is 0 Å². The number of nitrogens with zero attached hydrogens (tertiary/aromatic N) is 1. The molecule has 0 unspecified atom stereocenters. The Morgan fingerprint density at radius 2 is 2.00 bits per heavy atom. The fraction of sp³-hybridized carbons (Fsp3) is 0.471. The number of benzene rings is 1. The summed E-state index contributed by atoms with van der Waals surface area (Å²) in [5.74, 6) is 0.873. The van der Waals surface area contributed by atoms with Crippen molar-refractivity contribution in [2.45, 2.75) is 32.6 Å². The molecular formula is C17H23NOS. The van der Waals surface area contributed by atoms with E-state index in [1.165, 1.54) is 55.4 Å². The largest absolute Gasteiger partial charge is 0.371 e. The van der Waals surface area contributed by atoms with E-state index in [1.54, 1.807) is 6.92 Å². The third kappa shape index (κ3) is 4.71. The molecule has 0 N–H and O–H groups in total. The Hall–Kier alpha value is -1.22. The molecule has 0 aromatic heterocycles. The van der Waals surface area contributed by atoms with Crippen molar-refractivity contribution >= 4 is 28.6 Å². The van der Waals surface area contributed by atoms with E-state index in [4.69, 9.17) is 0 Å². The topological polar surface area (TPSA) is 20.3 Å². The monoisotopic (exact) mass is 289 g/mol. The summed E-state index contributed by atoms with van der Waals surface area (Å²) < 4.78 is 0. The number of anilines is 1. The molecule has 1 aliphatic heterocycles. The summed E-state index contributed by atoms with van der Waals surface area (Å²) in [7, 11) is 0. The summed E-state index contributed by atoms with van der Waals surface area (Å²) in [4.78, 5) is 13.4. The van der Waals surface area contributed by atoms with Gasteiger partial charge in [0.2, 0.25) is 0 Å². The zero-order valence-electron chi connectivity index (χ0n) is 12.2. The van der Waals surface area contributed by atoms with Crippen molar-refractivity contribution in [2.75, 3.05) is 23.7 Å². The summed E-state index contributed by atoms with van der Waals surface area (Å²) in [6.07, 6.45) is 9.28. The van der Waals surface area contributed by atoms with Gasteiger partial charge < -0.3 is 4.90 Å². The van der Waals surface area contributed by atoms with Crippen LogP contribution in [0.4, 0.5) is 5.69 Å². The van der Waals surface area contributed by atoms with Gasteiger partial charge in [0, 0.05) is 31.5 Å². The Bertz CT molecular complexity index is 464. The standard InChI is InChI=1S/C17H23NOS/c1-15(19)20-14-8-5-10-16-9-3-4-11-17(16)18-12-6-2-7-13-18/h3-5,9-11H,2,6-8,12-14H2,1H3. The van der Waals surface area contributed by atoms with Crippen LogP contribution in [-0.2, 0) is 4.79 Å². The quantitative estimate of drug-likeness (QED) is 0.751. The molecule has 0 amide bonds. The van der Waals surface area contributed by atoms with Crippen LogP contribution >= 0.6 is 11.8 Å². The first kappa shape index (κ1) is 15.2. The highest BCUT2D eigenvalue weighted by Crippen LogP contribution is 2.25. The molecule has 0 radical (unpaired) electrons. The van der Waals surface area contributed by atoms with Gasteiger partial charge in [-0.2, -0.15) is 0 Å². The second-order valence-corrected chi connectivity index (χ2v) is 6.41.